The van der Waals surface area contributed by atoms with E-state index in [0.29, 0.717) is 0 Å². The van der Waals surface area contributed by atoms with E-state index in [2.05, 4.69) is 67.5 Å². The van der Waals surface area contributed by atoms with E-state index in [1.54, 1.807) is 0 Å². The molecule has 1 N–H and O–H groups in total. The Morgan fingerprint density at radius 2 is 1.25 bits per heavy atom. The average molecular weight is 325 g/mol. The summed E-state index contributed by atoms with van der Waals surface area (Å²) in [6.45, 7) is 11.4. The molecule has 0 fully saturated rings. The standard InChI is InChI=1S/C15H14.C4H7NO2.C2H6/c1-15(2)13-9-5-3-7-11(13)12-8-4-6-10-14(12)15;1-3(5-7)4(2)6;1-2/h3-10H,1-2H3;7H,1-2H3;1-2H3/b;5-3+;. The minimum Gasteiger partial charge on any atom is -0.411 e. The first-order chi connectivity index (χ1) is 11.4. The van der Waals surface area contributed by atoms with Gasteiger partial charge in [0.05, 0.1) is 0 Å². The van der Waals surface area contributed by atoms with Crippen LogP contribution in [0, 0.1) is 0 Å². The molecule has 2 aromatic carbocycles. The highest BCUT2D eigenvalue weighted by molar-refractivity contribution is 6.37. The number of hydrogen-bond acceptors (Lipinski definition) is 3. The van der Waals surface area contributed by atoms with Gasteiger partial charge in [-0.25, -0.2) is 0 Å². The van der Waals surface area contributed by atoms with Crippen molar-refractivity contribution < 1.29 is 10.0 Å². The van der Waals surface area contributed by atoms with E-state index in [9.17, 15) is 4.79 Å². The Balaban J connectivity index is 0.000000274. The summed E-state index contributed by atoms with van der Waals surface area (Å²) in [6, 6.07) is 17.4. The number of rotatable bonds is 1. The van der Waals surface area contributed by atoms with Crippen LogP contribution in [0.3, 0.4) is 0 Å². The molecule has 0 heterocycles. The Morgan fingerprint density at radius 1 is 0.875 bits per heavy atom. The van der Waals surface area contributed by atoms with E-state index in [4.69, 9.17) is 5.21 Å². The number of ketones is 1. The molecule has 3 rings (SSSR count). The number of benzene rings is 2. The molecule has 0 radical (unpaired) electrons. The lowest BCUT2D eigenvalue weighted by atomic mass is 9.82. The molecular formula is C21H27NO2. The smallest absolute Gasteiger partial charge is 0.177 e. The lowest BCUT2D eigenvalue weighted by Crippen LogP contribution is -2.14. The van der Waals surface area contributed by atoms with Crippen LogP contribution < -0.4 is 0 Å². The second-order valence-corrected chi connectivity index (χ2v) is 5.96. The van der Waals surface area contributed by atoms with Gasteiger partial charge in [0.1, 0.15) is 5.71 Å². The molecule has 0 saturated carbocycles. The summed E-state index contributed by atoms with van der Waals surface area (Å²) in [5, 5.41) is 10.5. The molecule has 24 heavy (non-hydrogen) atoms. The zero-order chi connectivity index (χ0) is 18.3. The number of carbonyl (C=O) groups is 1. The van der Waals surface area contributed by atoms with Gasteiger partial charge in [0.25, 0.3) is 0 Å². The number of oxime groups is 1. The molecule has 0 saturated heterocycles. The SMILES string of the molecule is CC.CC(=O)/C(C)=N/O.CC1(C)c2ccccc2-c2ccccc21. The molecule has 0 atom stereocenters. The van der Waals surface area contributed by atoms with E-state index >= 15 is 0 Å². The van der Waals surface area contributed by atoms with Crippen LogP contribution >= 0.6 is 0 Å². The van der Waals surface area contributed by atoms with Gasteiger partial charge in [-0.3, -0.25) is 4.79 Å². The highest BCUT2D eigenvalue weighted by Gasteiger charge is 2.34. The summed E-state index contributed by atoms with van der Waals surface area (Å²) < 4.78 is 0. The van der Waals surface area contributed by atoms with E-state index in [-0.39, 0.29) is 16.9 Å². The van der Waals surface area contributed by atoms with Gasteiger partial charge >= 0.3 is 0 Å². The molecule has 2 aromatic rings. The molecular weight excluding hydrogens is 298 g/mol. The number of carbonyl (C=O) groups excluding carboxylic acids is 1. The third-order valence-electron chi connectivity index (χ3n) is 4.15. The van der Waals surface area contributed by atoms with Crippen molar-refractivity contribution in [1.82, 2.24) is 0 Å². The third kappa shape index (κ3) is 3.91. The second-order valence-electron chi connectivity index (χ2n) is 5.96. The molecule has 1 aliphatic carbocycles. The van der Waals surface area contributed by atoms with Crippen molar-refractivity contribution in [3.8, 4) is 11.1 Å². The molecule has 128 valence electrons. The monoisotopic (exact) mass is 325 g/mol. The van der Waals surface area contributed by atoms with Crippen molar-refractivity contribution in [2.24, 2.45) is 5.16 Å². The lowest BCUT2D eigenvalue weighted by Gasteiger charge is -2.20. The average Bonchev–Trinajstić information content (AvgIpc) is 2.85. The van der Waals surface area contributed by atoms with Gasteiger partial charge in [-0.2, -0.15) is 0 Å². The van der Waals surface area contributed by atoms with E-state index in [1.165, 1.54) is 36.1 Å². The van der Waals surface area contributed by atoms with Crippen LogP contribution in [0.1, 0.15) is 52.7 Å². The molecule has 1 aliphatic rings. The molecule has 0 aromatic heterocycles. The van der Waals surface area contributed by atoms with Crippen molar-refractivity contribution in [2.75, 3.05) is 0 Å². The maximum absolute atomic E-state index is 10.1. The number of Topliss-reactive ketones (excluding diaryl/α,β-unsaturated/α-hetero) is 1. The first kappa shape index (κ1) is 19.6. The van der Waals surface area contributed by atoms with Crippen LogP contribution in [0.2, 0.25) is 0 Å². The van der Waals surface area contributed by atoms with E-state index in [1.807, 2.05) is 13.8 Å². The fourth-order valence-electron chi connectivity index (χ4n) is 2.74. The maximum Gasteiger partial charge on any atom is 0.177 e. The summed E-state index contributed by atoms with van der Waals surface area (Å²) >= 11 is 0. The van der Waals surface area contributed by atoms with Gasteiger partial charge in [-0.15, -0.1) is 0 Å². The van der Waals surface area contributed by atoms with Crippen molar-refractivity contribution in [3.05, 3.63) is 59.7 Å². The molecule has 0 bridgehead atoms. The number of fused-ring (bicyclic) bond motifs is 3. The van der Waals surface area contributed by atoms with Gasteiger partial charge in [-0.05, 0) is 29.2 Å². The lowest BCUT2D eigenvalue weighted by molar-refractivity contribution is -0.111. The molecule has 3 heteroatoms. The normalized spacial score (nSPS) is 13.5. The van der Waals surface area contributed by atoms with Crippen LogP contribution in [-0.4, -0.2) is 16.7 Å². The van der Waals surface area contributed by atoms with Gasteiger partial charge in [0, 0.05) is 12.3 Å². The summed E-state index contributed by atoms with van der Waals surface area (Å²) in [4.78, 5) is 10.1. The van der Waals surface area contributed by atoms with Crippen LogP contribution in [-0.2, 0) is 10.2 Å². The number of hydrogen-bond donors (Lipinski definition) is 1. The Labute approximate surface area is 145 Å². The predicted molar refractivity (Wildman–Crippen MR) is 101 cm³/mol. The van der Waals surface area contributed by atoms with E-state index in [0.717, 1.165) is 0 Å². The Kier molecular flexibility index (Phi) is 6.90. The second kappa shape index (κ2) is 8.44. The van der Waals surface area contributed by atoms with Gasteiger partial charge in [0.15, 0.2) is 5.78 Å². The topological polar surface area (TPSA) is 49.7 Å². The fourth-order valence-corrected chi connectivity index (χ4v) is 2.74. The highest BCUT2D eigenvalue weighted by Crippen LogP contribution is 2.47. The van der Waals surface area contributed by atoms with Gasteiger partial charge < -0.3 is 5.21 Å². The van der Waals surface area contributed by atoms with Gasteiger partial charge in [-0.1, -0.05) is 81.4 Å². The minimum absolute atomic E-state index is 0.139. The fraction of sp³-hybridized carbons (Fsp3) is 0.333. The zero-order valence-corrected chi connectivity index (χ0v) is 15.4. The Morgan fingerprint density at radius 3 is 1.54 bits per heavy atom. The zero-order valence-electron chi connectivity index (χ0n) is 15.4. The van der Waals surface area contributed by atoms with E-state index < -0.39 is 0 Å². The Bertz CT molecular complexity index is 683. The third-order valence-corrected chi connectivity index (χ3v) is 4.15. The Hall–Kier alpha value is -2.42. The summed E-state index contributed by atoms with van der Waals surface area (Å²) in [6.07, 6.45) is 0. The first-order valence-electron chi connectivity index (χ1n) is 8.28. The summed E-state index contributed by atoms with van der Waals surface area (Å²) in [5.74, 6) is -0.206. The highest BCUT2D eigenvalue weighted by atomic mass is 16.4. The molecule has 0 spiro atoms. The summed E-state index contributed by atoms with van der Waals surface area (Å²) in [5.41, 5.74) is 6.00. The van der Waals surface area contributed by atoms with Crippen molar-refractivity contribution in [2.45, 2.75) is 47.0 Å². The molecule has 0 amide bonds. The molecule has 0 unspecified atom stereocenters. The van der Waals surface area contributed by atoms with Gasteiger partial charge in [0.2, 0.25) is 0 Å². The number of nitrogens with zero attached hydrogens (tertiary/aromatic N) is 1. The molecule has 3 nitrogen and oxygen atoms in total. The van der Waals surface area contributed by atoms with Crippen LogP contribution in [0.25, 0.3) is 11.1 Å². The minimum atomic E-state index is -0.206. The van der Waals surface area contributed by atoms with Crippen LogP contribution in [0.15, 0.2) is 53.7 Å². The predicted octanol–water partition coefficient (Wildman–Crippen LogP) is 5.44. The molecule has 0 aliphatic heterocycles. The van der Waals surface area contributed by atoms with Crippen molar-refractivity contribution in [3.63, 3.8) is 0 Å². The largest absolute Gasteiger partial charge is 0.411 e. The van der Waals surface area contributed by atoms with Crippen molar-refractivity contribution >= 4 is 11.5 Å². The maximum atomic E-state index is 10.1. The quantitative estimate of drug-likeness (QED) is 0.431. The first-order valence-corrected chi connectivity index (χ1v) is 8.28. The van der Waals surface area contributed by atoms with Crippen molar-refractivity contribution in [1.29, 1.82) is 0 Å². The van der Waals surface area contributed by atoms with Crippen LogP contribution in [0.5, 0.6) is 0 Å². The van der Waals surface area contributed by atoms with Crippen LogP contribution in [0.4, 0.5) is 0 Å². The summed E-state index contributed by atoms with van der Waals surface area (Å²) in [7, 11) is 0.